The third-order valence-corrected chi connectivity index (χ3v) is 3.16. The van der Waals surface area contributed by atoms with Crippen LogP contribution in [0, 0.1) is 0 Å². The Balaban J connectivity index is 2.08. The molecule has 0 bridgehead atoms. The summed E-state index contributed by atoms with van der Waals surface area (Å²) in [6.45, 7) is -0.522. The third-order valence-electron chi connectivity index (χ3n) is 2.64. The van der Waals surface area contributed by atoms with Crippen molar-refractivity contribution in [3.63, 3.8) is 0 Å². The average Bonchev–Trinajstić information content (AvgIpc) is 2.47. The van der Waals surface area contributed by atoms with Gasteiger partial charge in [0.15, 0.2) is 17.5 Å². The maximum absolute atomic E-state index is 12.9. The summed E-state index contributed by atoms with van der Waals surface area (Å²) in [6, 6.07) is 6.06. The lowest BCUT2D eigenvalue weighted by atomic mass is 10.1. The zero-order valence-electron chi connectivity index (χ0n) is 11.3. The second-order valence-electron chi connectivity index (χ2n) is 4.32. The molecule has 0 saturated heterocycles. The Morgan fingerprint density at radius 3 is 2.65 bits per heavy atom. The van der Waals surface area contributed by atoms with Gasteiger partial charge in [-0.25, -0.2) is 4.98 Å². The quantitative estimate of drug-likeness (QED) is 0.816. The fourth-order valence-corrected chi connectivity index (χ4v) is 2.01. The smallest absolute Gasteiger partial charge is 0.418 e. The van der Waals surface area contributed by atoms with Gasteiger partial charge in [-0.05, 0) is 30.3 Å². The number of carbonyl (C=O) groups is 1. The average molecular weight is 365 g/mol. The molecule has 1 aromatic heterocycles. The van der Waals surface area contributed by atoms with Crippen LogP contribution in [0.5, 0.6) is 5.75 Å². The lowest BCUT2D eigenvalue weighted by Crippen LogP contribution is -2.22. The van der Waals surface area contributed by atoms with Crippen molar-refractivity contribution in [2.45, 2.75) is 6.18 Å². The predicted octanol–water partition coefficient (Wildman–Crippen LogP) is 4.42. The van der Waals surface area contributed by atoms with Crippen LogP contribution in [0.15, 0.2) is 36.5 Å². The molecule has 1 aromatic carbocycles. The Morgan fingerprint density at radius 2 is 2.00 bits per heavy atom. The van der Waals surface area contributed by atoms with Crippen LogP contribution in [0.2, 0.25) is 10.2 Å². The van der Waals surface area contributed by atoms with E-state index in [1.165, 1.54) is 18.3 Å². The highest BCUT2D eigenvalue weighted by Gasteiger charge is 2.34. The Morgan fingerprint density at radius 1 is 1.26 bits per heavy atom. The molecule has 2 aromatic rings. The van der Waals surface area contributed by atoms with E-state index in [9.17, 15) is 18.0 Å². The van der Waals surface area contributed by atoms with Crippen LogP contribution in [-0.2, 0) is 11.0 Å². The standard InChI is InChI=1S/C14H9Cl2F3N2O2/c15-8-3-4-10(9(6-8)14(17,18)19)21-12(22)7-23-11-2-1-5-20-13(11)16/h1-6H,7H2,(H,21,22). The first-order chi connectivity index (χ1) is 10.8. The molecule has 0 fully saturated rings. The van der Waals surface area contributed by atoms with Gasteiger partial charge in [0.2, 0.25) is 0 Å². The Kier molecular flexibility index (Phi) is 5.33. The Bertz CT molecular complexity index is 723. The number of ether oxygens (including phenoxy) is 1. The summed E-state index contributed by atoms with van der Waals surface area (Å²) in [4.78, 5) is 15.5. The highest BCUT2D eigenvalue weighted by molar-refractivity contribution is 6.31. The van der Waals surface area contributed by atoms with Crippen molar-refractivity contribution in [2.24, 2.45) is 0 Å². The summed E-state index contributed by atoms with van der Waals surface area (Å²) in [5.41, 5.74) is -1.45. The van der Waals surface area contributed by atoms with Gasteiger partial charge in [0.05, 0.1) is 11.3 Å². The van der Waals surface area contributed by atoms with Crippen LogP contribution in [-0.4, -0.2) is 17.5 Å². The summed E-state index contributed by atoms with van der Waals surface area (Å²) in [6.07, 6.45) is -3.22. The van der Waals surface area contributed by atoms with E-state index in [4.69, 9.17) is 27.9 Å². The second-order valence-corrected chi connectivity index (χ2v) is 5.11. The molecule has 1 N–H and O–H groups in total. The fraction of sp³-hybridized carbons (Fsp3) is 0.143. The predicted molar refractivity (Wildman–Crippen MR) is 79.8 cm³/mol. The molecule has 122 valence electrons. The molecule has 0 aliphatic rings. The van der Waals surface area contributed by atoms with Gasteiger partial charge in [0, 0.05) is 11.2 Å². The van der Waals surface area contributed by atoms with Crippen LogP contribution < -0.4 is 10.1 Å². The van der Waals surface area contributed by atoms with Crippen LogP contribution in [0.1, 0.15) is 5.56 Å². The number of halogens is 5. The van der Waals surface area contributed by atoms with E-state index in [1.54, 1.807) is 6.07 Å². The summed E-state index contributed by atoms with van der Waals surface area (Å²) in [5, 5.41) is 2.08. The molecular weight excluding hydrogens is 356 g/mol. The minimum atomic E-state index is -4.65. The van der Waals surface area contributed by atoms with E-state index in [-0.39, 0.29) is 15.9 Å². The normalized spacial score (nSPS) is 11.2. The van der Waals surface area contributed by atoms with Gasteiger partial charge < -0.3 is 10.1 Å². The minimum absolute atomic E-state index is 0.0442. The second kappa shape index (κ2) is 7.06. The summed E-state index contributed by atoms with van der Waals surface area (Å²) in [7, 11) is 0. The molecule has 1 heterocycles. The van der Waals surface area contributed by atoms with Crippen LogP contribution in [0.25, 0.3) is 0 Å². The van der Waals surface area contributed by atoms with Gasteiger partial charge in [-0.15, -0.1) is 0 Å². The van der Waals surface area contributed by atoms with Crippen molar-refractivity contribution in [1.29, 1.82) is 0 Å². The van der Waals surface area contributed by atoms with Gasteiger partial charge in [-0.3, -0.25) is 4.79 Å². The van der Waals surface area contributed by atoms with Crippen molar-refractivity contribution in [3.05, 3.63) is 52.3 Å². The number of pyridine rings is 1. The number of hydrogen-bond acceptors (Lipinski definition) is 3. The summed E-state index contributed by atoms with van der Waals surface area (Å²) < 4.78 is 43.9. The van der Waals surface area contributed by atoms with E-state index in [0.717, 1.165) is 12.1 Å². The van der Waals surface area contributed by atoms with Crippen LogP contribution in [0.3, 0.4) is 0 Å². The number of anilines is 1. The van der Waals surface area contributed by atoms with Crippen molar-refractivity contribution in [3.8, 4) is 5.75 Å². The molecule has 0 saturated carbocycles. The van der Waals surface area contributed by atoms with Crippen molar-refractivity contribution in [2.75, 3.05) is 11.9 Å². The maximum Gasteiger partial charge on any atom is 0.418 e. The number of amides is 1. The lowest BCUT2D eigenvalue weighted by molar-refractivity contribution is -0.137. The molecule has 23 heavy (non-hydrogen) atoms. The van der Waals surface area contributed by atoms with Gasteiger partial charge in [0.1, 0.15) is 0 Å². The zero-order chi connectivity index (χ0) is 17.0. The minimum Gasteiger partial charge on any atom is -0.481 e. The van der Waals surface area contributed by atoms with E-state index in [1.807, 2.05) is 0 Å². The molecule has 0 aliphatic carbocycles. The fourth-order valence-electron chi connectivity index (χ4n) is 1.67. The number of aromatic nitrogens is 1. The first-order valence-electron chi connectivity index (χ1n) is 6.17. The van der Waals surface area contributed by atoms with Crippen molar-refractivity contribution < 1.29 is 22.7 Å². The van der Waals surface area contributed by atoms with Gasteiger partial charge >= 0.3 is 6.18 Å². The van der Waals surface area contributed by atoms with Gasteiger partial charge in [-0.2, -0.15) is 13.2 Å². The number of rotatable bonds is 4. The topological polar surface area (TPSA) is 51.2 Å². The molecule has 9 heteroatoms. The molecule has 0 aliphatic heterocycles. The largest absolute Gasteiger partial charge is 0.481 e. The molecule has 1 amide bonds. The third kappa shape index (κ3) is 4.74. The number of hydrogen-bond donors (Lipinski definition) is 1. The van der Waals surface area contributed by atoms with Crippen LogP contribution >= 0.6 is 23.2 Å². The molecule has 0 spiro atoms. The molecule has 0 unspecified atom stereocenters. The number of carbonyl (C=O) groups excluding carboxylic acids is 1. The van der Waals surface area contributed by atoms with Crippen molar-refractivity contribution in [1.82, 2.24) is 4.98 Å². The highest BCUT2D eigenvalue weighted by Crippen LogP contribution is 2.36. The maximum atomic E-state index is 12.9. The van der Waals surface area contributed by atoms with E-state index < -0.39 is 29.9 Å². The molecule has 0 radical (unpaired) electrons. The van der Waals surface area contributed by atoms with Gasteiger partial charge in [-0.1, -0.05) is 23.2 Å². The number of alkyl halides is 3. The van der Waals surface area contributed by atoms with E-state index in [0.29, 0.717) is 0 Å². The number of benzene rings is 1. The Labute approximate surface area is 139 Å². The molecule has 2 rings (SSSR count). The lowest BCUT2D eigenvalue weighted by Gasteiger charge is -2.14. The van der Waals surface area contributed by atoms with E-state index in [2.05, 4.69) is 10.3 Å². The van der Waals surface area contributed by atoms with Crippen LogP contribution in [0.4, 0.5) is 18.9 Å². The number of nitrogens with one attached hydrogen (secondary N) is 1. The van der Waals surface area contributed by atoms with Crippen molar-refractivity contribution >= 4 is 34.8 Å². The first kappa shape index (κ1) is 17.4. The Hall–Kier alpha value is -1.99. The van der Waals surface area contributed by atoms with E-state index >= 15 is 0 Å². The molecule has 0 atom stereocenters. The molecule has 4 nitrogen and oxygen atoms in total. The highest BCUT2D eigenvalue weighted by atomic mass is 35.5. The number of nitrogens with zero attached hydrogens (tertiary/aromatic N) is 1. The first-order valence-corrected chi connectivity index (χ1v) is 6.93. The molecular formula is C14H9Cl2F3N2O2. The zero-order valence-corrected chi connectivity index (χ0v) is 12.8. The summed E-state index contributed by atoms with van der Waals surface area (Å²) in [5.74, 6) is -0.630. The summed E-state index contributed by atoms with van der Waals surface area (Å²) >= 11 is 11.3. The SMILES string of the molecule is O=C(COc1cccnc1Cl)Nc1ccc(Cl)cc1C(F)(F)F. The monoisotopic (exact) mass is 364 g/mol. The van der Waals surface area contributed by atoms with Gasteiger partial charge in [0.25, 0.3) is 5.91 Å².